The van der Waals surface area contributed by atoms with Gasteiger partial charge in [-0.3, -0.25) is 0 Å². The second-order valence-corrected chi connectivity index (χ2v) is 3.09. The summed E-state index contributed by atoms with van der Waals surface area (Å²) in [7, 11) is 1.24. The SMILES string of the molecule is COC(=O)c1ccc2[nH]cc(C(=O)O)c2n1. The number of methoxy groups -OCH3 is 1. The number of hydrogen-bond acceptors (Lipinski definition) is 4. The first-order valence-electron chi connectivity index (χ1n) is 4.43. The number of aromatic carboxylic acids is 1. The summed E-state index contributed by atoms with van der Waals surface area (Å²) >= 11 is 0. The molecule has 0 aliphatic heterocycles. The predicted octanol–water partition coefficient (Wildman–Crippen LogP) is 1.05. The standard InChI is InChI=1S/C10H8N2O4/c1-16-10(15)7-3-2-6-8(12-7)5(4-11-6)9(13)14/h2-4,11H,1H3,(H,13,14). The molecule has 0 unspecified atom stereocenters. The van der Waals surface area contributed by atoms with Crippen molar-refractivity contribution in [3.05, 3.63) is 29.6 Å². The summed E-state index contributed by atoms with van der Waals surface area (Å²) in [4.78, 5) is 28.8. The third-order valence-electron chi connectivity index (χ3n) is 2.15. The molecule has 0 saturated heterocycles. The van der Waals surface area contributed by atoms with E-state index in [1.54, 1.807) is 6.07 Å². The number of esters is 1. The molecule has 0 atom stereocenters. The van der Waals surface area contributed by atoms with Crippen LogP contribution in [0.15, 0.2) is 18.3 Å². The number of carbonyl (C=O) groups excluding carboxylic acids is 1. The van der Waals surface area contributed by atoms with Crippen molar-refractivity contribution in [1.82, 2.24) is 9.97 Å². The van der Waals surface area contributed by atoms with Crippen molar-refractivity contribution in [1.29, 1.82) is 0 Å². The number of pyridine rings is 1. The molecule has 0 spiro atoms. The van der Waals surface area contributed by atoms with E-state index in [1.165, 1.54) is 19.4 Å². The normalized spacial score (nSPS) is 10.3. The lowest BCUT2D eigenvalue weighted by Crippen LogP contribution is -2.04. The molecule has 82 valence electrons. The van der Waals surface area contributed by atoms with E-state index < -0.39 is 11.9 Å². The van der Waals surface area contributed by atoms with Gasteiger partial charge in [0.1, 0.15) is 16.8 Å². The fourth-order valence-corrected chi connectivity index (χ4v) is 1.38. The predicted molar refractivity (Wildman–Crippen MR) is 54.4 cm³/mol. The first-order chi connectivity index (χ1) is 7.63. The van der Waals surface area contributed by atoms with Gasteiger partial charge in [0.2, 0.25) is 0 Å². The van der Waals surface area contributed by atoms with Gasteiger partial charge in [-0.05, 0) is 12.1 Å². The fourth-order valence-electron chi connectivity index (χ4n) is 1.38. The summed E-state index contributed by atoms with van der Waals surface area (Å²) in [5.41, 5.74) is 0.915. The molecule has 0 radical (unpaired) electrons. The quantitative estimate of drug-likeness (QED) is 0.738. The van der Waals surface area contributed by atoms with E-state index in [2.05, 4.69) is 14.7 Å². The summed E-state index contributed by atoms with van der Waals surface area (Å²) in [6.45, 7) is 0. The van der Waals surface area contributed by atoms with Crippen LogP contribution in [0.25, 0.3) is 11.0 Å². The number of hydrogen-bond donors (Lipinski definition) is 2. The van der Waals surface area contributed by atoms with Crippen molar-refractivity contribution in [3.8, 4) is 0 Å². The van der Waals surface area contributed by atoms with Crippen LogP contribution in [0, 0.1) is 0 Å². The Morgan fingerprint density at radius 2 is 2.19 bits per heavy atom. The molecule has 0 aromatic carbocycles. The number of aromatic nitrogens is 2. The lowest BCUT2D eigenvalue weighted by Gasteiger charge is -1.98. The maximum Gasteiger partial charge on any atom is 0.356 e. The number of ether oxygens (including phenoxy) is 1. The van der Waals surface area contributed by atoms with Crippen LogP contribution in [-0.2, 0) is 4.74 Å². The lowest BCUT2D eigenvalue weighted by molar-refractivity contribution is 0.0593. The summed E-state index contributed by atoms with van der Waals surface area (Å²) in [6, 6.07) is 3.05. The van der Waals surface area contributed by atoms with E-state index in [-0.39, 0.29) is 16.8 Å². The zero-order valence-corrected chi connectivity index (χ0v) is 8.35. The molecule has 16 heavy (non-hydrogen) atoms. The average molecular weight is 220 g/mol. The van der Waals surface area contributed by atoms with Gasteiger partial charge in [-0.25, -0.2) is 14.6 Å². The van der Waals surface area contributed by atoms with Crippen LogP contribution in [0.5, 0.6) is 0 Å². The monoisotopic (exact) mass is 220 g/mol. The minimum Gasteiger partial charge on any atom is -0.478 e. The summed E-state index contributed by atoms with van der Waals surface area (Å²) in [6.07, 6.45) is 1.33. The van der Waals surface area contributed by atoms with Crippen LogP contribution < -0.4 is 0 Å². The molecule has 0 saturated carbocycles. The van der Waals surface area contributed by atoms with Crippen LogP contribution in [0.3, 0.4) is 0 Å². The molecule has 2 aromatic rings. The van der Waals surface area contributed by atoms with Gasteiger partial charge in [0.15, 0.2) is 0 Å². The highest BCUT2D eigenvalue weighted by Gasteiger charge is 2.14. The molecule has 6 heteroatoms. The number of carboxylic acids is 1. The van der Waals surface area contributed by atoms with E-state index in [0.717, 1.165) is 0 Å². The second-order valence-electron chi connectivity index (χ2n) is 3.09. The van der Waals surface area contributed by atoms with Gasteiger partial charge >= 0.3 is 11.9 Å². The van der Waals surface area contributed by atoms with Crippen molar-refractivity contribution in [3.63, 3.8) is 0 Å². The Morgan fingerprint density at radius 1 is 1.44 bits per heavy atom. The van der Waals surface area contributed by atoms with E-state index >= 15 is 0 Å². The smallest absolute Gasteiger partial charge is 0.356 e. The summed E-state index contributed by atoms with van der Waals surface area (Å²) in [5, 5.41) is 8.88. The topological polar surface area (TPSA) is 92.3 Å². The molecule has 6 nitrogen and oxygen atoms in total. The molecule has 0 amide bonds. The summed E-state index contributed by atoms with van der Waals surface area (Å²) < 4.78 is 4.50. The largest absolute Gasteiger partial charge is 0.478 e. The Morgan fingerprint density at radius 3 is 2.81 bits per heavy atom. The molecular formula is C10H8N2O4. The Kier molecular flexibility index (Phi) is 2.32. The van der Waals surface area contributed by atoms with Gasteiger partial charge in [0, 0.05) is 6.20 Å². The Labute approximate surface area is 89.9 Å². The van der Waals surface area contributed by atoms with E-state index in [9.17, 15) is 9.59 Å². The van der Waals surface area contributed by atoms with Crippen molar-refractivity contribution in [2.24, 2.45) is 0 Å². The minimum atomic E-state index is -1.10. The zero-order valence-electron chi connectivity index (χ0n) is 8.35. The molecular weight excluding hydrogens is 212 g/mol. The number of fused-ring (bicyclic) bond motifs is 1. The summed E-state index contributed by atoms with van der Waals surface area (Å²) in [5.74, 6) is -1.69. The zero-order chi connectivity index (χ0) is 11.7. The fraction of sp³-hybridized carbons (Fsp3) is 0.100. The Bertz CT molecular complexity index is 573. The number of nitrogens with one attached hydrogen (secondary N) is 1. The molecule has 0 bridgehead atoms. The third kappa shape index (κ3) is 1.50. The third-order valence-corrected chi connectivity index (χ3v) is 2.15. The van der Waals surface area contributed by atoms with E-state index in [1.807, 2.05) is 0 Å². The first-order valence-corrected chi connectivity index (χ1v) is 4.43. The van der Waals surface area contributed by atoms with Crippen molar-refractivity contribution >= 4 is 23.0 Å². The van der Waals surface area contributed by atoms with Crippen LogP contribution in [0.4, 0.5) is 0 Å². The van der Waals surface area contributed by atoms with Crippen molar-refractivity contribution in [2.75, 3.05) is 7.11 Å². The lowest BCUT2D eigenvalue weighted by atomic mass is 10.2. The number of aromatic amines is 1. The first kappa shape index (κ1) is 10.2. The number of H-pyrrole nitrogens is 1. The van der Waals surface area contributed by atoms with Gasteiger partial charge in [-0.15, -0.1) is 0 Å². The average Bonchev–Trinajstić information content (AvgIpc) is 2.70. The Balaban J connectivity index is 2.63. The van der Waals surface area contributed by atoms with Crippen LogP contribution in [0.1, 0.15) is 20.8 Å². The molecule has 2 rings (SSSR count). The van der Waals surface area contributed by atoms with Gasteiger partial charge in [0.05, 0.1) is 12.6 Å². The van der Waals surface area contributed by atoms with Gasteiger partial charge < -0.3 is 14.8 Å². The van der Waals surface area contributed by atoms with Crippen molar-refractivity contribution in [2.45, 2.75) is 0 Å². The minimum absolute atomic E-state index is 0.0285. The highest BCUT2D eigenvalue weighted by molar-refractivity contribution is 6.02. The molecule has 0 aliphatic rings. The molecule has 0 aliphatic carbocycles. The number of nitrogens with zero attached hydrogens (tertiary/aromatic N) is 1. The molecule has 2 aromatic heterocycles. The molecule has 0 fully saturated rings. The number of carboxylic acid groups (broad SMARTS) is 1. The van der Waals surface area contributed by atoms with Crippen molar-refractivity contribution < 1.29 is 19.4 Å². The number of rotatable bonds is 2. The van der Waals surface area contributed by atoms with Gasteiger partial charge in [-0.1, -0.05) is 0 Å². The maximum atomic E-state index is 11.2. The van der Waals surface area contributed by atoms with Crippen LogP contribution in [0.2, 0.25) is 0 Å². The van der Waals surface area contributed by atoms with Gasteiger partial charge in [-0.2, -0.15) is 0 Å². The number of carbonyl (C=O) groups is 2. The second kappa shape index (κ2) is 3.65. The van der Waals surface area contributed by atoms with Crippen LogP contribution >= 0.6 is 0 Å². The molecule has 2 heterocycles. The highest BCUT2D eigenvalue weighted by atomic mass is 16.5. The van der Waals surface area contributed by atoms with E-state index in [0.29, 0.717) is 5.52 Å². The van der Waals surface area contributed by atoms with Crippen LogP contribution in [-0.4, -0.2) is 34.1 Å². The van der Waals surface area contributed by atoms with Gasteiger partial charge in [0.25, 0.3) is 0 Å². The maximum absolute atomic E-state index is 11.2. The van der Waals surface area contributed by atoms with E-state index in [4.69, 9.17) is 5.11 Å². The molecule has 2 N–H and O–H groups in total. The highest BCUT2D eigenvalue weighted by Crippen LogP contribution is 2.16. The Hall–Kier alpha value is -2.37.